The number of rotatable bonds is 8. The van der Waals surface area contributed by atoms with Crippen molar-refractivity contribution in [1.82, 2.24) is 5.32 Å². The highest BCUT2D eigenvalue weighted by Gasteiger charge is 2.10. The van der Waals surface area contributed by atoms with Gasteiger partial charge in [0.1, 0.15) is 12.4 Å². The summed E-state index contributed by atoms with van der Waals surface area (Å²) in [7, 11) is 0. The Balaban J connectivity index is 1.76. The molecule has 134 valence electrons. The number of para-hydroxylation sites is 1. The van der Waals surface area contributed by atoms with Gasteiger partial charge in [0, 0.05) is 0 Å². The van der Waals surface area contributed by atoms with E-state index in [1.165, 1.54) is 6.07 Å². The summed E-state index contributed by atoms with van der Waals surface area (Å²) >= 11 is 0. The lowest BCUT2D eigenvalue weighted by atomic mass is 10.0. The zero-order valence-electron chi connectivity index (χ0n) is 14.8. The third-order valence-corrected chi connectivity index (χ3v) is 3.67. The monoisotopic (exact) mass is 345 g/mol. The fourth-order valence-corrected chi connectivity index (χ4v) is 2.35. The second-order valence-electron chi connectivity index (χ2n) is 6.11. The third kappa shape index (κ3) is 5.78. The standard InChI is InChI=1S/C20H24FNO3/c1-14(2)16-9-8-15(3)12-19(16)25-13-20(23)22-10-11-24-18-7-5-4-6-17(18)21/h4-9,12,14H,10-11,13H2,1-3H3,(H,22,23). The van der Waals surface area contributed by atoms with Crippen LogP contribution in [0, 0.1) is 12.7 Å². The first-order valence-electron chi connectivity index (χ1n) is 8.34. The predicted molar refractivity (Wildman–Crippen MR) is 95.7 cm³/mol. The molecule has 0 saturated heterocycles. The first-order valence-corrected chi connectivity index (χ1v) is 8.34. The van der Waals surface area contributed by atoms with Crippen LogP contribution in [0.2, 0.25) is 0 Å². The van der Waals surface area contributed by atoms with Crippen molar-refractivity contribution in [1.29, 1.82) is 0 Å². The van der Waals surface area contributed by atoms with Gasteiger partial charge < -0.3 is 14.8 Å². The molecule has 4 nitrogen and oxygen atoms in total. The molecule has 0 unspecified atom stereocenters. The number of carbonyl (C=O) groups excluding carboxylic acids is 1. The molecule has 0 saturated carbocycles. The van der Waals surface area contributed by atoms with Crippen LogP contribution >= 0.6 is 0 Å². The maximum absolute atomic E-state index is 13.4. The third-order valence-electron chi connectivity index (χ3n) is 3.67. The molecule has 0 atom stereocenters. The van der Waals surface area contributed by atoms with Gasteiger partial charge in [-0.05, 0) is 42.2 Å². The second-order valence-corrected chi connectivity index (χ2v) is 6.11. The number of amides is 1. The van der Waals surface area contributed by atoms with E-state index in [9.17, 15) is 9.18 Å². The molecular weight excluding hydrogens is 321 g/mol. The van der Waals surface area contributed by atoms with Crippen molar-refractivity contribution >= 4 is 5.91 Å². The molecule has 0 radical (unpaired) electrons. The summed E-state index contributed by atoms with van der Waals surface area (Å²) in [5.41, 5.74) is 2.15. The minimum Gasteiger partial charge on any atom is -0.489 e. The SMILES string of the molecule is Cc1ccc(C(C)C)c(OCC(=O)NCCOc2ccccc2F)c1. The average Bonchev–Trinajstić information content (AvgIpc) is 2.58. The van der Waals surface area contributed by atoms with Gasteiger partial charge in [-0.1, -0.05) is 38.1 Å². The molecule has 0 fully saturated rings. The van der Waals surface area contributed by atoms with Gasteiger partial charge >= 0.3 is 0 Å². The Morgan fingerprint density at radius 1 is 1.12 bits per heavy atom. The van der Waals surface area contributed by atoms with Gasteiger partial charge in [-0.15, -0.1) is 0 Å². The van der Waals surface area contributed by atoms with Crippen LogP contribution in [-0.4, -0.2) is 25.7 Å². The van der Waals surface area contributed by atoms with Crippen LogP contribution in [0.1, 0.15) is 30.9 Å². The van der Waals surface area contributed by atoms with E-state index in [0.717, 1.165) is 16.9 Å². The summed E-state index contributed by atoms with van der Waals surface area (Å²) in [5, 5.41) is 2.69. The van der Waals surface area contributed by atoms with Crippen molar-refractivity contribution in [3.63, 3.8) is 0 Å². The number of nitrogens with one attached hydrogen (secondary N) is 1. The van der Waals surface area contributed by atoms with Crippen molar-refractivity contribution in [3.8, 4) is 11.5 Å². The van der Waals surface area contributed by atoms with Crippen LogP contribution in [-0.2, 0) is 4.79 Å². The minimum absolute atomic E-state index is 0.0666. The fourth-order valence-electron chi connectivity index (χ4n) is 2.35. The zero-order valence-corrected chi connectivity index (χ0v) is 14.8. The van der Waals surface area contributed by atoms with Crippen molar-refractivity contribution in [2.24, 2.45) is 0 Å². The molecule has 2 aromatic rings. The van der Waals surface area contributed by atoms with E-state index in [-0.39, 0.29) is 31.4 Å². The lowest BCUT2D eigenvalue weighted by Crippen LogP contribution is -2.32. The predicted octanol–water partition coefficient (Wildman–Crippen LogP) is 3.83. The molecule has 0 aliphatic rings. The summed E-state index contributed by atoms with van der Waals surface area (Å²) in [6.07, 6.45) is 0. The van der Waals surface area contributed by atoms with Gasteiger partial charge in [0.25, 0.3) is 5.91 Å². The molecule has 2 rings (SSSR count). The Morgan fingerprint density at radius 2 is 1.88 bits per heavy atom. The smallest absolute Gasteiger partial charge is 0.258 e. The van der Waals surface area contributed by atoms with E-state index in [1.54, 1.807) is 18.2 Å². The Hall–Kier alpha value is -2.56. The van der Waals surface area contributed by atoms with Gasteiger partial charge in [0.2, 0.25) is 0 Å². The first kappa shape index (κ1) is 18.8. The van der Waals surface area contributed by atoms with Crippen LogP contribution in [0.3, 0.4) is 0 Å². The van der Waals surface area contributed by atoms with Crippen molar-refractivity contribution in [2.45, 2.75) is 26.7 Å². The molecular formula is C20H24FNO3. The highest BCUT2D eigenvalue weighted by molar-refractivity contribution is 5.77. The summed E-state index contributed by atoms with van der Waals surface area (Å²) in [6.45, 7) is 6.55. The quantitative estimate of drug-likeness (QED) is 0.740. The fraction of sp³-hybridized carbons (Fsp3) is 0.350. The van der Waals surface area contributed by atoms with Crippen molar-refractivity contribution < 1.29 is 18.7 Å². The topological polar surface area (TPSA) is 47.6 Å². The summed E-state index contributed by atoms with van der Waals surface area (Å²) in [5.74, 6) is 0.557. The minimum atomic E-state index is -0.419. The molecule has 0 spiro atoms. The number of carbonyl (C=O) groups is 1. The molecule has 25 heavy (non-hydrogen) atoms. The average molecular weight is 345 g/mol. The molecule has 0 aliphatic carbocycles. The van der Waals surface area contributed by atoms with Gasteiger partial charge in [-0.3, -0.25) is 4.79 Å². The number of halogens is 1. The van der Waals surface area contributed by atoms with Gasteiger partial charge in [-0.25, -0.2) is 4.39 Å². The normalized spacial score (nSPS) is 10.6. The van der Waals surface area contributed by atoms with E-state index in [1.807, 2.05) is 25.1 Å². The Kier molecular flexibility index (Phi) is 6.81. The number of hydrogen-bond acceptors (Lipinski definition) is 3. The lowest BCUT2D eigenvalue weighted by Gasteiger charge is -2.15. The largest absolute Gasteiger partial charge is 0.489 e. The van der Waals surface area contributed by atoms with Crippen LogP contribution < -0.4 is 14.8 Å². The van der Waals surface area contributed by atoms with Crippen LogP contribution in [0.5, 0.6) is 11.5 Å². The molecule has 1 N–H and O–H groups in total. The van der Waals surface area contributed by atoms with Crippen LogP contribution in [0.4, 0.5) is 4.39 Å². The summed E-state index contributed by atoms with van der Waals surface area (Å²) in [4.78, 5) is 11.9. The van der Waals surface area contributed by atoms with Gasteiger partial charge in [-0.2, -0.15) is 0 Å². The Bertz CT molecular complexity index is 716. The first-order chi connectivity index (χ1) is 12.0. The second kappa shape index (κ2) is 9.06. The van der Waals surface area contributed by atoms with Gasteiger partial charge in [0.05, 0.1) is 6.54 Å². The number of aryl methyl sites for hydroxylation is 1. The maximum atomic E-state index is 13.4. The molecule has 5 heteroatoms. The molecule has 0 bridgehead atoms. The lowest BCUT2D eigenvalue weighted by molar-refractivity contribution is -0.123. The van der Waals surface area contributed by atoms with E-state index < -0.39 is 5.82 Å². The maximum Gasteiger partial charge on any atom is 0.258 e. The van der Waals surface area contributed by atoms with E-state index in [2.05, 4.69) is 19.2 Å². The van der Waals surface area contributed by atoms with Crippen molar-refractivity contribution in [2.75, 3.05) is 19.8 Å². The zero-order chi connectivity index (χ0) is 18.2. The molecule has 0 heterocycles. The Morgan fingerprint density at radius 3 is 2.60 bits per heavy atom. The van der Waals surface area contributed by atoms with E-state index in [0.29, 0.717) is 5.92 Å². The number of hydrogen-bond donors (Lipinski definition) is 1. The molecule has 0 aliphatic heterocycles. The highest BCUT2D eigenvalue weighted by Crippen LogP contribution is 2.27. The summed E-state index contributed by atoms with van der Waals surface area (Å²) < 4.78 is 24.3. The molecule has 0 aromatic heterocycles. The van der Waals surface area contributed by atoms with Crippen LogP contribution in [0.25, 0.3) is 0 Å². The highest BCUT2D eigenvalue weighted by atomic mass is 19.1. The van der Waals surface area contributed by atoms with Crippen LogP contribution in [0.15, 0.2) is 42.5 Å². The van der Waals surface area contributed by atoms with Gasteiger partial charge in [0.15, 0.2) is 18.2 Å². The van der Waals surface area contributed by atoms with E-state index >= 15 is 0 Å². The molecule has 1 amide bonds. The Labute approximate surface area is 148 Å². The van der Waals surface area contributed by atoms with Crippen molar-refractivity contribution in [3.05, 3.63) is 59.4 Å². The number of ether oxygens (including phenoxy) is 2. The molecule has 2 aromatic carbocycles. The number of benzene rings is 2. The van der Waals surface area contributed by atoms with E-state index in [4.69, 9.17) is 9.47 Å². The summed E-state index contributed by atoms with van der Waals surface area (Å²) in [6, 6.07) is 12.2.